The van der Waals surface area contributed by atoms with Crippen LogP contribution in [0.15, 0.2) is 17.0 Å². The van der Waals surface area contributed by atoms with Crippen LogP contribution in [-0.4, -0.2) is 4.98 Å². The Kier molecular flexibility index (Phi) is 2.32. The molecule has 0 fully saturated rings. The second kappa shape index (κ2) is 3.48. The van der Waals surface area contributed by atoms with Gasteiger partial charge in [0.15, 0.2) is 5.13 Å². The highest BCUT2D eigenvalue weighted by Gasteiger charge is 2.05. The van der Waals surface area contributed by atoms with Crippen molar-refractivity contribution in [1.82, 2.24) is 4.98 Å². The van der Waals surface area contributed by atoms with Crippen molar-refractivity contribution in [3.8, 4) is 5.40 Å². The van der Waals surface area contributed by atoms with Gasteiger partial charge in [0.2, 0.25) is 0 Å². The largest absolute Gasteiger partial charge is 0.375 e. The molecule has 0 saturated heterocycles. The van der Waals surface area contributed by atoms with Crippen LogP contribution in [0.25, 0.3) is 10.2 Å². The van der Waals surface area contributed by atoms with Crippen molar-refractivity contribution in [1.29, 1.82) is 5.26 Å². The molecule has 5 heteroatoms. The van der Waals surface area contributed by atoms with E-state index in [2.05, 4.69) is 10.4 Å². The summed E-state index contributed by atoms with van der Waals surface area (Å²) in [6, 6.07) is 3.93. The molecule has 2 rings (SSSR count). The van der Waals surface area contributed by atoms with E-state index in [0.29, 0.717) is 5.13 Å². The number of hydrogen-bond donors (Lipinski definition) is 1. The first-order valence-electron chi connectivity index (χ1n) is 3.93. The average Bonchev–Trinajstić information content (AvgIpc) is 2.45. The highest BCUT2D eigenvalue weighted by Crippen LogP contribution is 2.31. The topological polar surface area (TPSA) is 62.7 Å². The maximum atomic E-state index is 8.60. The van der Waals surface area contributed by atoms with Gasteiger partial charge in [-0.3, -0.25) is 0 Å². The van der Waals surface area contributed by atoms with E-state index in [0.717, 1.165) is 20.7 Å². The summed E-state index contributed by atoms with van der Waals surface area (Å²) in [7, 11) is 0. The third kappa shape index (κ3) is 1.54. The van der Waals surface area contributed by atoms with Crippen LogP contribution in [0.1, 0.15) is 5.56 Å². The van der Waals surface area contributed by atoms with Crippen LogP contribution in [-0.2, 0) is 0 Å². The van der Waals surface area contributed by atoms with Gasteiger partial charge in [0.05, 0.1) is 10.2 Å². The van der Waals surface area contributed by atoms with Crippen molar-refractivity contribution in [2.75, 3.05) is 5.73 Å². The molecule has 1 aromatic heterocycles. The van der Waals surface area contributed by atoms with Gasteiger partial charge in [-0.15, -0.1) is 0 Å². The van der Waals surface area contributed by atoms with Crippen LogP contribution in [0, 0.1) is 17.6 Å². The van der Waals surface area contributed by atoms with Crippen LogP contribution in [0.4, 0.5) is 5.13 Å². The fourth-order valence-electron chi connectivity index (χ4n) is 1.24. The zero-order valence-corrected chi connectivity index (χ0v) is 9.08. The van der Waals surface area contributed by atoms with E-state index >= 15 is 0 Å². The van der Waals surface area contributed by atoms with E-state index < -0.39 is 0 Å². The Morgan fingerprint density at radius 1 is 1.57 bits per heavy atom. The molecule has 70 valence electrons. The van der Waals surface area contributed by atoms with Crippen LogP contribution in [0.2, 0.25) is 0 Å². The zero-order chi connectivity index (χ0) is 10.1. The molecule has 0 amide bonds. The third-order valence-corrected chi connectivity index (χ3v) is 3.46. The number of hydrogen-bond acceptors (Lipinski definition) is 5. The molecular formula is C9H7N3S2. The van der Waals surface area contributed by atoms with Crippen molar-refractivity contribution < 1.29 is 0 Å². The molecule has 0 aliphatic carbocycles. The smallest absolute Gasteiger partial charge is 0.181 e. The quantitative estimate of drug-likeness (QED) is 0.594. The van der Waals surface area contributed by atoms with Gasteiger partial charge < -0.3 is 5.73 Å². The molecule has 0 bridgehead atoms. The van der Waals surface area contributed by atoms with Crippen molar-refractivity contribution in [3.63, 3.8) is 0 Å². The SMILES string of the molecule is Cc1cc2nc(N)sc2cc1SC#N. The summed E-state index contributed by atoms with van der Waals surface area (Å²) in [5.74, 6) is 0. The Morgan fingerprint density at radius 3 is 3.07 bits per heavy atom. The van der Waals surface area contributed by atoms with Gasteiger partial charge in [0, 0.05) is 4.90 Å². The fourth-order valence-corrected chi connectivity index (χ4v) is 2.56. The van der Waals surface area contributed by atoms with Gasteiger partial charge in [0.1, 0.15) is 5.40 Å². The van der Waals surface area contributed by atoms with Gasteiger partial charge in [0.25, 0.3) is 0 Å². The number of rotatable bonds is 1. The Morgan fingerprint density at radius 2 is 2.36 bits per heavy atom. The Labute approximate surface area is 89.6 Å². The number of nitrogens with zero attached hydrogens (tertiary/aromatic N) is 2. The predicted octanol–water partition coefficient (Wildman–Crippen LogP) is 2.76. The maximum Gasteiger partial charge on any atom is 0.181 e. The number of fused-ring (bicyclic) bond motifs is 1. The lowest BCUT2D eigenvalue weighted by molar-refractivity contribution is 1.33. The number of nitrogen functional groups attached to an aromatic ring is 1. The number of thiocyanates is 1. The fraction of sp³-hybridized carbons (Fsp3) is 0.111. The molecular weight excluding hydrogens is 214 g/mol. The standard InChI is InChI=1S/C9H7N3S2/c1-5-2-6-8(14-9(11)12-6)3-7(5)13-4-10/h2-3H,1H3,(H2,11,12). The first-order chi connectivity index (χ1) is 6.70. The number of thioether (sulfide) groups is 1. The average molecular weight is 221 g/mol. The predicted molar refractivity (Wildman–Crippen MR) is 60.2 cm³/mol. The van der Waals surface area contributed by atoms with E-state index in [1.807, 2.05) is 19.1 Å². The van der Waals surface area contributed by atoms with Gasteiger partial charge in [-0.2, -0.15) is 5.26 Å². The number of nitrogens with two attached hydrogens (primary N) is 1. The maximum absolute atomic E-state index is 8.60. The minimum atomic E-state index is 0.568. The van der Waals surface area contributed by atoms with Crippen LogP contribution < -0.4 is 5.73 Å². The van der Waals surface area contributed by atoms with Gasteiger partial charge in [-0.05, 0) is 36.4 Å². The molecule has 0 aliphatic rings. The number of nitriles is 1. The van der Waals surface area contributed by atoms with E-state index in [1.54, 1.807) is 0 Å². The summed E-state index contributed by atoms with van der Waals surface area (Å²) in [5.41, 5.74) is 7.57. The van der Waals surface area contributed by atoms with E-state index in [4.69, 9.17) is 11.0 Å². The molecule has 0 radical (unpaired) electrons. The number of aromatic nitrogens is 1. The van der Waals surface area contributed by atoms with Crippen LogP contribution in [0.5, 0.6) is 0 Å². The Hall–Kier alpha value is -1.25. The molecule has 3 nitrogen and oxygen atoms in total. The molecule has 1 heterocycles. The highest BCUT2D eigenvalue weighted by molar-refractivity contribution is 8.03. The molecule has 0 spiro atoms. The summed E-state index contributed by atoms with van der Waals surface area (Å²) in [6.07, 6.45) is 0. The Bertz CT molecular complexity index is 525. The second-order valence-corrected chi connectivity index (χ2v) is 4.72. The van der Waals surface area contributed by atoms with Crippen molar-refractivity contribution in [2.45, 2.75) is 11.8 Å². The number of thiazole rings is 1. The second-order valence-electron chi connectivity index (χ2n) is 2.83. The summed E-state index contributed by atoms with van der Waals surface area (Å²) >= 11 is 2.61. The van der Waals surface area contributed by atoms with E-state index in [9.17, 15) is 0 Å². The molecule has 2 aromatic rings. The first-order valence-corrected chi connectivity index (χ1v) is 5.56. The summed E-state index contributed by atoms with van der Waals surface area (Å²) in [5, 5.41) is 11.2. The molecule has 1 aromatic carbocycles. The van der Waals surface area contributed by atoms with Crippen LogP contribution in [0.3, 0.4) is 0 Å². The third-order valence-electron chi connectivity index (χ3n) is 1.86. The molecule has 0 saturated carbocycles. The summed E-state index contributed by atoms with van der Waals surface area (Å²) in [6.45, 7) is 1.97. The zero-order valence-electron chi connectivity index (χ0n) is 7.44. The minimum Gasteiger partial charge on any atom is -0.375 e. The van der Waals surface area contributed by atoms with E-state index in [1.165, 1.54) is 23.1 Å². The number of anilines is 1. The number of aryl methyl sites for hydroxylation is 1. The van der Waals surface area contributed by atoms with Crippen molar-refractivity contribution in [3.05, 3.63) is 17.7 Å². The van der Waals surface area contributed by atoms with E-state index in [-0.39, 0.29) is 0 Å². The minimum absolute atomic E-state index is 0.568. The molecule has 2 N–H and O–H groups in total. The number of benzene rings is 1. The summed E-state index contributed by atoms with van der Waals surface area (Å²) < 4.78 is 1.03. The van der Waals surface area contributed by atoms with Crippen molar-refractivity contribution >= 4 is 38.4 Å². The lowest BCUT2D eigenvalue weighted by atomic mass is 10.2. The molecule has 0 atom stereocenters. The lowest BCUT2D eigenvalue weighted by Gasteiger charge is -1.98. The highest BCUT2D eigenvalue weighted by atomic mass is 32.2. The van der Waals surface area contributed by atoms with Gasteiger partial charge in [-0.1, -0.05) is 11.3 Å². The molecule has 14 heavy (non-hydrogen) atoms. The normalized spacial score (nSPS) is 10.3. The summed E-state index contributed by atoms with van der Waals surface area (Å²) in [4.78, 5) is 5.15. The van der Waals surface area contributed by atoms with Crippen molar-refractivity contribution in [2.24, 2.45) is 0 Å². The first kappa shape index (κ1) is 9.31. The van der Waals surface area contributed by atoms with Crippen LogP contribution >= 0.6 is 23.1 Å². The monoisotopic (exact) mass is 221 g/mol. The molecule has 0 aliphatic heterocycles. The van der Waals surface area contributed by atoms with Gasteiger partial charge >= 0.3 is 0 Å². The molecule has 0 unspecified atom stereocenters. The lowest BCUT2D eigenvalue weighted by Crippen LogP contribution is -1.80. The van der Waals surface area contributed by atoms with Gasteiger partial charge in [-0.25, -0.2) is 4.98 Å². The Balaban J connectivity index is 2.65.